The van der Waals surface area contributed by atoms with Gasteiger partial charge in [-0.05, 0) is 20.3 Å². The van der Waals surface area contributed by atoms with Gasteiger partial charge in [-0.2, -0.15) is 0 Å². The number of nitrogens with zero attached hydrogens (tertiary/aromatic N) is 2. The van der Waals surface area contributed by atoms with Crippen LogP contribution in [-0.2, 0) is 9.59 Å². The SMILES string of the molecule is CC1=C(C)N([C@@H](CCC(N)=O)C(=O)O)CN1[O-]. The van der Waals surface area contributed by atoms with Crippen LogP contribution in [0.25, 0.3) is 0 Å². The number of carbonyl (C=O) groups is 2. The van der Waals surface area contributed by atoms with Gasteiger partial charge in [0.05, 0.1) is 6.67 Å². The average molecular weight is 242 g/mol. The largest absolute Gasteiger partial charge is 0.757 e. The molecule has 7 nitrogen and oxygen atoms in total. The standard InChI is InChI=1S/C10H16N3O4/c1-6-7(2)13(17)5-12(6)8(10(15)16)3-4-9(11)14/h8H,3-5H2,1-2H3,(H2,11,14)(H,15,16)/q-1/t8-/m0/s1. The van der Waals surface area contributed by atoms with E-state index in [1.54, 1.807) is 13.8 Å². The quantitative estimate of drug-likeness (QED) is 0.703. The predicted octanol–water partition coefficient (Wildman–Crippen LogP) is 0.0294. The Labute approximate surface area is 99.1 Å². The summed E-state index contributed by atoms with van der Waals surface area (Å²) in [6, 6.07) is -0.892. The lowest BCUT2D eigenvalue weighted by atomic mass is 10.1. The molecule has 3 N–H and O–H groups in total. The Kier molecular flexibility index (Phi) is 3.95. The van der Waals surface area contributed by atoms with Crippen molar-refractivity contribution in [3.8, 4) is 0 Å². The molecule has 17 heavy (non-hydrogen) atoms. The Hall–Kier alpha value is -1.76. The lowest BCUT2D eigenvalue weighted by Gasteiger charge is -2.31. The van der Waals surface area contributed by atoms with E-state index in [1.165, 1.54) is 4.90 Å². The van der Waals surface area contributed by atoms with Crippen molar-refractivity contribution in [2.75, 3.05) is 6.67 Å². The van der Waals surface area contributed by atoms with Gasteiger partial charge in [-0.15, -0.1) is 0 Å². The van der Waals surface area contributed by atoms with Crippen molar-refractivity contribution < 1.29 is 14.7 Å². The zero-order chi connectivity index (χ0) is 13.2. The number of amides is 1. The van der Waals surface area contributed by atoms with Crippen LogP contribution < -0.4 is 5.73 Å². The third-order valence-corrected chi connectivity index (χ3v) is 2.93. The van der Waals surface area contributed by atoms with E-state index >= 15 is 0 Å². The van der Waals surface area contributed by atoms with E-state index in [-0.39, 0.29) is 19.5 Å². The van der Waals surface area contributed by atoms with Gasteiger partial charge in [0.2, 0.25) is 5.91 Å². The Morgan fingerprint density at radius 3 is 2.41 bits per heavy atom. The lowest BCUT2D eigenvalue weighted by molar-refractivity contribution is -0.143. The molecule has 0 saturated carbocycles. The van der Waals surface area contributed by atoms with Gasteiger partial charge in [-0.1, -0.05) is 0 Å². The molecule has 0 spiro atoms. The highest BCUT2D eigenvalue weighted by molar-refractivity contribution is 5.77. The number of allylic oxidation sites excluding steroid dienone is 2. The summed E-state index contributed by atoms with van der Waals surface area (Å²) in [4.78, 5) is 23.3. The maximum absolute atomic E-state index is 11.4. The van der Waals surface area contributed by atoms with Crippen LogP contribution in [0.3, 0.4) is 0 Å². The molecule has 0 aromatic carbocycles. The third-order valence-electron chi connectivity index (χ3n) is 2.93. The number of nitrogens with two attached hydrogens (primary N) is 1. The highest BCUT2D eigenvalue weighted by atomic mass is 16.5. The molecule has 0 saturated heterocycles. The van der Waals surface area contributed by atoms with Crippen LogP contribution in [0.2, 0.25) is 0 Å². The fourth-order valence-electron chi connectivity index (χ4n) is 1.76. The van der Waals surface area contributed by atoms with Gasteiger partial charge >= 0.3 is 5.97 Å². The first-order chi connectivity index (χ1) is 7.84. The smallest absolute Gasteiger partial charge is 0.326 e. The molecule has 0 bridgehead atoms. The summed E-state index contributed by atoms with van der Waals surface area (Å²) >= 11 is 0. The average Bonchev–Trinajstić information content (AvgIpc) is 2.46. The highest BCUT2D eigenvalue weighted by Crippen LogP contribution is 2.25. The number of hydrogen-bond donors (Lipinski definition) is 2. The predicted molar refractivity (Wildman–Crippen MR) is 60.1 cm³/mol. The van der Waals surface area contributed by atoms with Crippen molar-refractivity contribution in [3.63, 3.8) is 0 Å². The summed E-state index contributed by atoms with van der Waals surface area (Å²) in [6.07, 6.45) is 0.0851. The molecular weight excluding hydrogens is 226 g/mol. The van der Waals surface area contributed by atoms with E-state index in [0.717, 1.165) is 5.06 Å². The number of aliphatic carboxylic acids is 1. The molecule has 7 heteroatoms. The first-order valence-corrected chi connectivity index (χ1v) is 5.24. The summed E-state index contributed by atoms with van der Waals surface area (Å²) in [5, 5.41) is 21.2. The van der Waals surface area contributed by atoms with Crippen molar-refractivity contribution in [2.45, 2.75) is 32.7 Å². The van der Waals surface area contributed by atoms with Crippen molar-refractivity contribution in [3.05, 3.63) is 16.6 Å². The Balaban J connectivity index is 2.80. The molecule has 0 fully saturated rings. The van der Waals surface area contributed by atoms with Crippen LogP contribution >= 0.6 is 0 Å². The van der Waals surface area contributed by atoms with Gasteiger partial charge in [0, 0.05) is 17.8 Å². The van der Waals surface area contributed by atoms with Gasteiger partial charge < -0.3 is 26.0 Å². The molecule has 1 rings (SSSR count). The molecular formula is C10H16N3O4-. The van der Waals surface area contributed by atoms with Crippen LogP contribution in [0.5, 0.6) is 0 Å². The molecule has 0 aromatic rings. The topological polar surface area (TPSA) is 110 Å². The van der Waals surface area contributed by atoms with Crippen molar-refractivity contribution in [1.29, 1.82) is 0 Å². The zero-order valence-electron chi connectivity index (χ0n) is 9.84. The van der Waals surface area contributed by atoms with Gasteiger partial charge in [0.25, 0.3) is 0 Å². The normalized spacial score (nSPS) is 17.6. The molecule has 1 aliphatic heterocycles. The first-order valence-electron chi connectivity index (χ1n) is 5.24. The second-order valence-electron chi connectivity index (χ2n) is 4.02. The van der Waals surface area contributed by atoms with E-state index in [1.807, 2.05) is 0 Å². The summed E-state index contributed by atoms with van der Waals surface area (Å²) in [7, 11) is 0. The number of carbonyl (C=O) groups excluding carboxylic acids is 1. The maximum atomic E-state index is 11.4. The van der Waals surface area contributed by atoms with Crippen LogP contribution in [-0.4, -0.2) is 39.7 Å². The minimum atomic E-state index is -1.06. The first kappa shape index (κ1) is 13.3. The minimum Gasteiger partial charge on any atom is -0.757 e. The molecule has 0 unspecified atom stereocenters. The highest BCUT2D eigenvalue weighted by Gasteiger charge is 2.30. The third kappa shape index (κ3) is 2.88. The van der Waals surface area contributed by atoms with E-state index in [9.17, 15) is 14.8 Å². The van der Waals surface area contributed by atoms with Crippen LogP contribution in [0.1, 0.15) is 26.7 Å². The molecule has 1 aliphatic rings. The Morgan fingerprint density at radius 2 is 2.06 bits per heavy atom. The van der Waals surface area contributed by atoms with Crippen LogP contribution in [0.15, 0.2) is 11.4 Å². The van der Waals surface area contributed by atoms with Gasteiger partial charge in [0.1, 0.15) is 6.04 Å². The molecule has 96 valence electrons. The summed E-state index contributed by atoms with van der Waals surface area (Å²) in [6.45, 7) is 3.30. The fourth-order valence-corrected chi connectivity index (χ4v) is 1.76. The second kappa shape index (κ2) is 5.05. The summed E-state index contributed by atoms with van der Waals surface area (Å²) < 4.78 is 0. The summed E-state index contributed by atoms with van der Waals surface area (Å²) in [5.41, 5.74) is 6.11. The van der Waals surface area contributed by atoms with Gasteiger partial charge in [-0.3, -0.25) is 4.79 Å². The van der Waals surface area contributed by atoms with Crippen molar-refractivity contribution >= 4 is 11.9 Å². The minimum absolute atomic E-state index is 0.0152. The molecule has 0 aromatic heterocycles. The van der Waals surface area contributed by atoms with E-state index in [2.05, 4.69) is 0 Å². The van der Waals surface area contributed by atoms with Crippen LogP contribution in [0.4, 0.5) is 0 Å². The maximum Gasteiger partial charge on any atom is 0.326 e. The number of hydrogen-bond acceptors (Lipinski definition) is 5. The van der Waals surface area contributed by atoms with Crippen molar-refractivity contribution in [2.24, 2.45) is 5.73 Å². The number of carboxylic acids is 1. The van der Waals surface area contributed by atoms with E-state index in [0.29, 0.717) is 11.4 Å². The lowest BCUT2D eigenvalue weighted by Crippen LogP contribution is -2.41. The van der Waals surface area contributed by atoms with Gasteiger partial charge in [-0.25, -0.2) is 4.79 Å². The monoisotopic (exact) mass is 242 g/mol. The molecule has 1 amide bonds. The fraction of sp³-hybridized carbons (Fsp3) is 0.600. The number of primary amides is 1. The number of carboxylic acid groups (broad SMARTS) is 1. The Bertz CT molecular complexity index is 367. The number of rotatable bonds is 5. The van der Waals surface area contributed by atoms with E-state index < -0.39 is 17.9 Å². The molecule has 0 aliphatic carbocycles. The molecule has 0 radical (unpaired) electrons. The zero-order valence-corrected chi connectivity index (χ0v) is 9.84. The second-order valence-corrected chi connectivity index (χ2v) is 4.02. The summed E-state index contributed by atoms with van der Waals surface area (Å²) in [5.74, 6) is -1.61. The number of hydroxylamine groups is 2. The Morgan fingerprint density at radius 1 is 1.47 bits per heavy atom. The van der Waals surface area contributed by atoms with Gasteiger partial charge in [0.15, 0.2) is 0 Å². The van der Waals surface area contributed by atoms with Crippen LogP contribution in [0, 0.1) is 5.21 Å². The van der Waals surface area contributed by atoms with E-state index in [4.69, 9.17) is 10.8 Å². The molecule has 1 atom stereocenters. The van der Waals surface area contributed by atoms with Crippen molar-refractivity contribution in [1.82, 2.24) is 9.96 Å². The molecule has 1 heterocycles.